The van der Waals surface area contributed by atoms with Crippen molar-refractivity contribution in [2.45, 2.75) is 58.0 Å². The Balaban J connectivity index is 1.80. The summed E-state index contributed by atoms with van der Waals surface area (Å²) in [6, 6.07) is 16.5. The van der Waals surface area contributed by atoms with Crippen molar-refractivity contribution in [3.63, 3.8) is 0 Å². The maximum Gasteiger partial charge on any atom is 0.328 e. The molecular weight excluding hydrogens is 392 g/mol. The standard InChI is InChI=1S/C25H32N2O4/c1-17-11-9-10-14-20(17)15-21(24(29)30-5)26-23(28)18(2)27-22(16-31-25(27,3)4)19-12-7-6-8-13-19/h6-14,18,21-22H,15-16H2,1-5H3,(H,26,28)/t18-,21-,22-/m0/s1. The molecule has 0 saturated carbocycles. The number of carbonyl (C=O) groups is 2. The minimum absolute atomic E-state index is 0.0510. The Hall–Kier alpha value is -2.70. The normalized spacial score (nSPS) is 20.1. The van der Waals surface area contributed by atoms with Crippen LogP contribution in [0.2, 0.25) is 0 Å². The van der Waals surface area contributed by atoms with Crippen LogP contribution in [0.4, 0.5) is 0 Å². The number of benzene rings is 2. The van der Waals surface area contributed by atoms with Crippen molar-refractivity contribution in [3.8, 4) is 0 Å². The van der Waals surface area contributed by atoms with Crippen LogP contribution >= 0.6 is 0 Å². The molecule has 2 aromatic carbocycles. The van der Waals surface area contributed by atoms with Crippen molar-refractivity contribution in [2.75, 3.05) is 13.7 Å². The third-order valence-electron chi connectivity index (χ3n) is 6.02. The van der Waals surface area contributed by atoms with Gasteiger partial charge in [-0.3, -0.25) is 9.69 Å². The van der Waals surface area contributed by atoms with E-state index in [1.165, 1.54) is 7.11 Å². The lowest BCUT2D eigenvalue weighted by Crippen LogP contribution is -2.55. The molecule has 0 radical (unpaired) electrons. The predicted molar refractivity (Wildman–Crippen MR) is 119 cm³/mol. The average molecular weight is 425 g/mol. The van der Waals surface area contributed by atoms with E-state index in [1.54, 1.807) is 0 Å². The van der Waals surface area contributed by atoms with E-state index in [0.717, 1.165) is 16.7 Å². The van der Waals surface area contributed by atoms with Crippen LogP contribution in [0, 0.1) is 6.92 Å². The zero-order valence-corrected chi connectivity index (χ0v) is 18.9. The molecular formula is C25H32N2O4. The Morgan fingerprint density at radius 2 is 1.81 bits per heavy atom. The maximum absolute atomic E-state index is 13.3. The summed E-state index contributed by atoms with van der Waals surface area (Å²) in [7, 11) is 1.34. The van der Waals surface area contributed by atoms with E-state index in [2.05, 4.69) is 10.2 Å². The number of amides is 1. The van der Waals surface area contributed by atoms with E-state index in [9.17, 15) is 9.59 Å². The van der Waals surface area contributed by atoms with Gasteiger partial charge >= 0.3 is 5.97 Å². The zero-order chi connectivity index (χ0) is 22.6. The van der Waals surface area contributed by atoms with Gasteiger partial charge in [-0.25, -0.2) is 4.79 Å². The minimum Gasteiger partial charge on any atom is -0.467 e. The molecule has 1 amide bonds. The molecule has 166 valence electrons. The van der Waals surface area contributed by atoms with Gasteiger partial charge in [-0.05, 0) is 44.4 Å². The van der Waals surface area contributed by atoms with Crippen LogP contribution in [-0.4, -0.2) is 48.3 Å². The Bertz CT molecular complexity index is 913. The number of esters is 1. The molecule has 3 rings (SSSR count). The summed E-state index contributed by atoms with van der Waals surface area (Å²) in [6.07, 6.45) is 0.375. The fourth-order valence-corrected chi connectivity index (χ4v) is 4.29. The topological polar surface area (TPSA) is 67.9 Å². The summed E-state index contributed by atoms with van der Waals surface area (Å²) in [5.41, 5.74) is 2.54. The van der Waals surface area contributed by atoms with Gasteiger partial charge in [0.05, 0.1) is 25.8 Å². The number of hydrogen-bond acceptors (Lipinski definition) is 5. The predicted octanol–water partition coefficient (Wildman–Crippen LogP) is 3.39. The number of hydrogen-bond donors (Lipinski definition) is 1. The Morgan fingerprint density at radius 3 is 2.45 bits per heavy atom. The molecule has 2 aromatic rings. The summed E-state index contributed by atoms with van der Waals surface area (Å²) in [4.78, 5) is 27.8. The van der Waals surface area contributed by atoms with E-state index >= 15 is 0 Å². The lowest BCUT2D eigenvalue weighted by molar-refractivity contribution is -0.147. The second-order valence-electron chi connectivity index (χ2n) is 8.48. The largest absolute Gasteiger partial charge is 0.467 e. The van der Waals surface area contributed by atoms with Crippen LogP contribution in [0.1, 0.15) is 43.5 Å². The first-order valence-electron chi connectivity index (χ1n) is 10.6. The Kier molecular flexibility index (Phi) is 7.13. The van der Waals surface area contributed by atoms with E-state index in [1.807, 2.05) is 82.3 Å². The molecule has 0 aromatic heterocycles. The molecule has 0 unspecified atom stereocenters. The first-order chi connectivity index (χ1) is 14.7. The fourth-order valence-electron chi connectivity index (χ4n) is 4.29. The van der Waals surface area contributed by atoms with Gasteiger partial charge in [-0.15, -0.1) is 0 Å². The van der Waals surface area contributed by atoms with Gasteiger partial charge in [0.25, 0.3) is 0 Å². The van der Waals surface area contributed by atoms with E-state index in [0.29, 0.717) is 13.0 Å². The van der Waals surface area contributed by atoms with Crippen LogP contribution in [0.15, 0.2) is 54.6 Å². The van der Waals surface area contributed by atoms with E-state index in [4.69, 9.17) is 9.47 Å². The molecule has 3 atom stereocenters. The van der Waals surface area contributed by atoms with Gasteiger partial charge in [0.1, 0.15) is 11.8 Å². The molecule has 1 aliphatic rings. The molecule has 0 spiro atoms. The smallest absolute Gasteiger partial charge is 0.328 e. The summed E-state index contributed by atoms with van der Waals surface area (Å²) in [5, 5.41) is 2.92. The van der Waals surface area contributed by atoms with E-state index in [-0.39, 0.29) is 11.9 Å². The number of rotatable bonds is 7. The first kappa shape index (κ1) is 23.0. The van der Waals surface area contributed by atoms with Crippen molar-refractivity contribution in [1.29, 1.82) is 0 Å². The van der Waals surface area contributed by atoms with Gasteiger partial charge in [-0.1, -0.05) is 54.6 Å². The summed E-state index contributed by atoms with van der Waals surface area (Å²) < 4.78 is 11.0. The highest BCUT2D eigenvalue weighted by Crippen LogP contribution is 2.38. The molecule has 1 aliphatic heterocycles. The lowest BCUT2D eigenvalue weighted by atomic mass is 10.00. The van der Waals surface area contributed by atoms with Gasteiger partial charge in [0.2, 0.25) is 5.91 Å². The van der Waals surface area contributed by atoms with Crippen molar-refractivity contribution in [3.05, 3.63) is 71.3 Å². The number of carbonyl (C=O) groups excluding carboxylic acids is 2. The van der Waals surface area contributed by atoms with Crippen LogP contribution in [0.5, 0.6) is 0 Å². The molecule has 31 heavy (non-hydrogen) atoms. The average Bonchev–Trinajstić information content (AvgIpc) is 3.09. The summed E-state index contributed by atoms with van der Waals surface area (Å²) in [5.74, 6) is -0.691. The van der Waals surface area contributed by atoms with Gasteiger partial charge in [-0.2, -0.15) is 0 Å². The van der Waals surface area contributed by atoms with Crippen molar-refractivity contribution in [1.82, 2.24) is 10.2 Å². The minimum atomic E-state index is -0.761. The SMILES string of the molecule is COC(=O)[C@H](Cc1ccccc1C)NC(=O)[C@H](C)N1[C@H](c2ccccc2)COC1(C)C. The van der Waals surface area contributed by atoms with E-state index < -0.39 is 23.8 Å². The molecule has 6 nitrogen and oxygen atoms in total. The highest BCUT2D eigenvalue weighted by molar-refractivity contribution is 5.87. The number of methoxy groups -OCH3 is 1. The highest BCUT2D eigenvalue weighted by atomic mass is 16.5. The lowest BCUT2D eigenvalue weighted by Gasteiger charge is -2.38. The van der Waals surface area contributed by atoms with Crippen LogP contribution < -0.4 is 5.32 Å². The zero-order valence-electron chi connectivity index (χ0n) is 18.9. The van der Waals surface area contributed by atoms with Gasteiger partial charge in [0, 0.05) is 6.42 Å². The molecule has 6 heteroatoms. The number of ether oxygens (including phenoxy) is 2. The Labute approximate surface area is 184 Å². The third kappa shape index (κ3) is 5.14. The summed E-state index contributed by atoms with van der Waals surface area (Å²) in [6.45, 7) is 8.26. The van der Waals surface area contributed by atoms with Gasteiger partial charge in [0.15, 0.2) is 0 Å². The fraction of sp³-hybridized carbons (Fsp3) is 0.440. The second-order valence-corrected chi connectivity index (χ2v) is 8.48. The van der Waals surface area contributed by atoms with Crippen LogP contribution in [0.3, 0.4) is 0 Å². The van der Waals surface area contributed by atoms with Crippen LogP contribution in [0.25, 0.3) is 0 Å². The van der Waals surface area contributed by atoms with Crippen LogP contribution in [-0.2, 0) is 25.5 Å². The maximum atomic E-state index is 13.3. The second kappa shape index (κ2) is 9.62. The van der Waals surface area contributed by atoms with Crippen molar-refractivity contribution >= 4 is 11.9 Å². The third-order valence-corrected chi connectivity index (χ3v) is 6.02. The quantitative estimate of drug-likeness (QED) is 0.690. The number of aryl methyl sites for hydroxylation is 1. The molecule has 1 heterocycles. The number of nitrogens with one attached hydrogen (secondary N) is 1. The van der Waals surface area contributed by atoms with Gasteiger partial charge < -0.3 is 14.8 Å². The van der Waals surface area contributed by atoms with Crippen molar-refractivity contribution in [2.24, 2.45) is 0 Å². The first-order valence-corrected chi connectivity index (χ1v) is 10.6. The molecule has 1 N–H and O–H groups in total. The molecule has 0 bridgehead atoms. The number of nitrogens with zero attached hydrogens (tertiary/aromatic N) is 1. The summed E-state index contributed by atoms with van der Waals surface area (Å²) >= 11 is 0. The highest BCUT2D eigenvalue weighted by Gasteiger charge is 2.46. The Morgan fingerprint density at radius 1 is 1.16 bits per heavy atom. The monoisotopic (exact) mass is 424 g/mol. The molecule has 1 fully saturated rings. The van der Waals surface area contributed by atoms with Crippen molar-refractivity contribution < 1.29 is 19.1 Å². The molecule has 1 saturated heterocycles. The molecule has 0 aliphatic carbocycles.